The molecule has 1 aromatic rings. The smallest absolute Gasteiger partial charge is 0.389 e. The van der Waals surface area contributed by atoms with Crippen LogP contribution in [0.1, 0.15) is 24.0 Å². The third-order valence-corrected chi connectivity index (χ3v) is 4.56. The molecular weight excluding hydrogens is 305 g/mol. The van der Waals surface area contributed by atoms with E-state index in [0.717, 1.165) is 30.4 Å². The monoisotopic (exact) mass is 320 g/mol. The zero-order chi connectivity index (χ0) is 14.8. The Balaban J connectivity index is 2.23. The molecule has 7 heteroatoms. The number of nitrogens with two attached hydrogens (primary N) is 1. The zero-order valence-electron chi connectivity index (χ0n) is 10.7. The molecule has 0 bridgehead atoms. The minimum atomic E-state index is -4.45. The van der Waals surface area contributed by atoms with Gasteiger partial charge in [-0.05, 0) is 36.8 Å². The van der Waals surface area contributed by atoms with Crippen molar-refractivity contribution in [2.75, 3.05) is 16.8 Å². The van der Waals surface area contributed by atoms with Crippen LogP contribution in [0.15, 0.2) is 18.2 Å². The van der Waals surface area contributed by atoms with Crippen molar-refractivity contribution < 1.29 is 13.2 Å². The van der Waals surface area contributed by atoms with Crippen LogP contribution in [0.3, 0.4) is 0 Å². The lowest BCUT2D eigenvalue weighted by Crippen LogP contribution is -2.26. The Bertz CT molecular complexity index is 497. The number of rotatable bonds is 3. The maximum atomic E-state index is 12.9. The lowest BCUT2D eigenvalue weighted by molar-refractivity contribution is -0.137. The van der Waals surface area contributed by atoms with E-state index in [9.17, 15) is 13.2 Å². The SMILES string of the molecule is NC(=S)c1cc(NC2CCCSC2)ccc1C(F)(F)F. The van der Waals surface area contributed by atoms with Crippen LogP contribution in [0.25, 0.3) is 0 Å². The standard InChI is InChI=1S/C13H15F3N2S2/c14-13(15,16)11-4-3-8(6-10(11)12(17)19)18-9-2-1-5-20-7-9/h3-4,6,9,18H,1-2,5,7H2,(H2,17,19). The number of halogens is 3. The van der Waals surface area contributed by atoms with Crippen LogP contribution in [0.4, 0.5) is 18.9 Å². The first kappa shape index (κ1) is 15.4. The molecule has 1 saturated heterocycles. The first-order valence-electron chi connectivity index (χ1n) is 6.23. The fraction of sp³-hybridized carbons (Fsp3) is 0.462. The molecule has 2 rings (SSSR count). The number of hydrogen-bond donors (Lipinski definition) is 2. The molecular formula is C13H15F3N2S2. The van der Waals surface area contributed by atoms with Crippen molar-refractivity contribution in [3.63, 3.8) is 0 Å². The van der Waals surface area contributed by atoms with Gasteiger partial charge in [0.25, 0.3) is 0 Å². The van der Waals surface area contributed by atoms with Crippen molar-refractivity contribution in [3.8, 4) is 0 Å². The van der Waals surface area contributed by atoms with Crippen LogP contribution < -0.4 is 11.1 Å². The van der Waals surface area contributed by atoms with Crippen molar-refractivity contribution in [1.82, 2.24) is 0 Å². The number of benzene rings is 1. The summed E-state index contributed by atoms with van der Waals surface area (Å²) in [5.74, 6) is 2.10. The molecule has 1 fully saturated rings. The molecule has 1 unspecified atom stereocenters. The van der Waals surface area contributed by atoms with E-state index in [2.05, 4.69) is 5.32 Å². The summed E-state index contributed by atoms with van der Waals surface area (Å²) in [5.41, 5.74) is 5.14. The quantitative estimate of drug-likeness (QED) is 0.834. The highest BCUT2D eigenvalue weighted by Gasteiger charge is 2.34. The van der Waals surface area contributed by atoms with Gasteiger partial charge in [-0.15, -0.1) is 0 Å². The van der Waals surface area contributed by atoms with Gasteiger partial charge >= 0.3 is 6.18 Å². The summed E-state index contributed by atoms with van der Waals surface area (Å²) in [4.78, 5) is -0.237. The molecule has 1 atom stereocenters. The Morgan fingerprint density at radius 2 is 2.15 bits per heavy atom. The highest BCUT2D eigenvalue weighted by molar-refractivity contribution is 7.99. The van der Waals surface area contributed by atoms with Crippen molar-refractivity contribution >= 4 is 34.7 Å². The van der Waals surface area contributed by atoms with Gasteiger partial charge in [-0.3, -0.25) is 0 Å². The van der Waals surface area contributed by atoms with Gasteiger partial charge in [0.2, 0.25) is 0 Å². The maximum Gasteiger partial charge on any atom is 0.417 e. The van der Waals surface area contributed by atoms with E-state index in [1.165, 1.54) is 12.1 Å². The molecule has 1 aromatic carbocycles. The van der Waals surface area contributed by atoms with Crippen LogP contribution in [-0.2, 0) is 6.18 Å². The second-order valence-electron chi connectivity index (χ2n) is 4.68. The van der Waals surface area contributed by atoms with E-state index in [1.807, 2.05) is 11.8 Å². The van der Waals surface area contributed by atoms with Gasteiger partial charge in [0.1, 0.15) is 4.99 Å². The molecule has 110 valence electrons. The second-order valence-corrected chi connectivity index (χ2v) is 6.27. The molecule has 1 aliphatic heterocycles. The summed E-state index contributed by atoms with van der Waals surface area (Å²) in [6.45, 7) is 0. The number of nitrogens with one attached hydrogen (secondary N) is 1. The number of anilines is 1. The highest BCUT2D eigenvalue weighted by Crippen LogP contribution is 2.33. The molecule has 0 aromatic heterocycles. The molecule has 0 radical (unpaired) electrons. The Morgan fingerprint density at radius 1 is 1.40 bits per heavy atom. The molecule has 1 heterocycles. The highest BCUT2D eigenvalue weighted by atomic mass is 32.2. The van der Waals surface area contributed by atoms with E-state index in [1.54, 1.807) is 0 Å². The van der Waals surface area contributed by atoms with Gasteiger partial charge in [-0.25, -0.2) is 0 Å². The Hall–Kier alpha value is -0.950. The molecule has 20 heavy (non-hydrogen) atoms. The largest absolute Gasteiger partial charge is 0.417 e. The van der Waals surface area contributed by atoms with E-state index >= 15 is 0 Å². The normalized spacial score (nSPS) is 19.6. The molecule has 0 aliphatic carbocycles. The fourth-order valence-electron chi connectivity index (χ4n) is 2.18. The minimum absolute atomic E-state index is 0.124. The average molecular weight is 320 g/mol. The number of thiocarbonyl (C=S) groups is 1. The third kappa shape index (κ3) is 3.79. The average Bonchev–Trinajstić information content (AvgIpc) is 2.38. The molecule has 0 spiro atoms. The van der Waals surface area contributed by atoms with E-state index < -0.39 is 11.7 Å². The van der Waals surface area contributed by atoms with Crippen LogP contribution in [-0.4, -0.2) is 22.5 Å². The van der Waals surface area contributed by atoms with E-state index in [-0.39, 0.29) is 16.6 Å². The number of thioether (sulfide) groups is 1. The van der Waals surface area contributed by atoms with E-state index in [0.29, 0.717) is 5.69 Å². The predicted molar refractivity (Wildman–Crippen MR) is 81.3 cm³/mol. The lowest BCUT2D eigenvalue weighted by atomic mass is 10.1. The summed E-state index contributed by atoms with van der Waals surface area (Å²) in [6, 6.07) is 4.14. The zero-order valence-corrected chi connectivity index (χ0v) is 12.3. The topological polar surface area (TPSA) is 38.0 Å². The number of hydrogen-bond acceptors (Lipinski definition) is 3. The van der Waals surface area contributed by atoms with Gasteiger partial charge < -0.3 is 11.1 Å². The number of alkyl halides is 3. The minimum Gasteiger partial charge on any atom is -0.389 e. The maximum absolute atomic E-state index is 12.9. The van der Waals surface area contributed by atoms with Crippen LogP contribution >= 0.6 is 24.0 Å². The lowest BCUT2D eigenvalue weighted by Gasteiger charge is -2.24. The third-order valence-electron chi connectivity index (χ3n) is 3.12. The molecule has 1 aliphatic rings. The first-order chi connectivity index (χ1) is 9.38. The fourth-order valence-corrected chi connectivity index (χ4v) is 3.42. The van der Waals surface area contributed by atoms with E-state index in [4.69, 9.17) is 18.0 Å². The van der Waals surface area contributed by atoms with Crippen LogP contribution in [0.5, 0.6) is 0 Å². The summed E-state index contributed by atoms with van der Waals surface area (Å²) in [7, 11) is 0. The summed E-state index contributed by atoms with van der Waals surface area (Å²) < 4.78 is 38.6. The predicted octanol–water partition coefficient (Wildman–Crippen LogP) is 3.65. The van der Waals surface area contributed by atoms with Crippen molar-refractivity contribution in [1.29, 1.82) is 0 Å². The van der Waals surface area contributed by atoms with Gasteiger partial charge in [-0.2, -0.15) is 24.9 Å². The van der Waals surface area contributed by atoms with Gasteiger partial charge in [-0.1, -0.05) is 12.2 Å². The molecule has 3 N–H and O–H groups in total. The van der Waals surface area contributed by atoms with Gasteiger partial charge in [0.05, 0.1) is 5.56 Å². The second kappa shape index (κ2) is 6.22. The van der Waals surface area contributed by atoms with Gasteiger partial charge in [0.15, 0.2) is 0 Å². The molecule has 0 saturated carbocycles. The summed E-state index contributed by atoms with van der Waals surface area (Å²) >= 11 is 6.58. The molecule has 2 nitrogen and oxygen atoms in total. The Labute approximate surface area is 125 Å². The summed E-state index contributed by atoms with van der Waals surface area (Å²) in [6.07, 6.45) is -2.31. The Morgan fingerprint density at radius 3 is 2.70 bits per heavy atom. The molecule has 0 amide bonds. The van der Waals surface area contributed by atoms with Crippen molar-refractivity contribution in [3.05, 3.63) is 29.3 Å². The Kier molecular flexibility index (Phi) is 4.80. The first-order valence-corrected chi connectivity index (χ1v) is 7.79. The van der Waals surface area contributed by atoms with Crippen LogP contribution in [0, 0.1) is 0 Å². The van der Waals surface area contributed by atoms with Gasteiger partial charge in [0, 0.05) is 23.0 Å². The van der Waals surface area contributed by atoms with Crippen molar-refractivity contribution in [2.24, 2.45) is 5.73 Å². The summed E-state index contributed by atoms with van der Waals surface area (Å²) in [5, 5.41) is 3.25. The van der Waals surface area contributed by atoms with Crippen LogP contribution in [0.2, 0.25) is 0 Å². The van der Waals surface area contributed by atoms with Crippen molar-refractivity contribution in [2.45, 2.75) is 25.1 Å².